The zero-order valence-corrected chi connectivity index (χ0v) is 15.0. The Labute approximate surface area is 130 Å². The Morgan fingerprint density at radius 1 is 1.10 bits per heavy atom. The average Bonchev–Trinajstić information content (AvgIpc) is 2.38. The second-order valence-corrected chi connectivity index (χ2v) is 6.87. The first-order valence-corrected chi connectivity index (χ1v) is 8.00. The van der Waals surface area contributed by atoms with E-state index in [9.17, 15) is 9.59 Å². The summed E-state index contributed by atoms with van der Waals surface area (Å²) in [4.78, 5) is 22.7. The largest absolute Gasteiger partial charge is 0.394 e. The van der Waals surface area contributed by atoms with Crippen molar-refractivity contribution in [3.05, 3.63) is 0 Å². The van der Waals surface area contributed by atoms with Crippen LogP contribution in [0.5, 0.6) is 0 Å². The first kappa shape index (κ1) is 22.4. The molecule has 0 atom stereocenters. The molecule has 0 saturated heterocycles. The Morgan fingerprint density at radius 2 is 1.57 bits per heavy atom. The van der Waals surface area contributed by atoms with Gasteiger partial charge in [0.25, 0.3) is 0 Å². The zero-order valence-electron chi connectivity index (χ0n) is 15.0. The lowest BCUT2D eigenvalue weighted by atomic mass is 10.0. The highest BCUT2D eigenvalue weighted by molar-refractivity contribution is 5.81. The van der Waals surface area contributed by atoms with Crippen molar-refractivity contribution in [2.75, 3.05) is 6.61 Å². The monoisotopic (exact) mass is 301 g/mol. The molecule has 4 nitrogen and oxygen atoms in total. The van der Waals surface area contributed by atoms with Gasteiger partial charge in [-0.1, -0.05) is 41.0 Å². The molecule has 0 aromatic heterocycles. The lowest BCUT2D eigenvalue weighted by molar-refractivity contribution is -0.124. The minimum absolute atomic E-state index is 0.0388. The van der Waals surface area contributed by atoms with Crippen molar-refractivity contribution in [2.45, 2.75) is 79.7 Å². The minimum atomic E-state index is -0.584. The van der Waals surface area contributed by atoms with Gasteiger partial charge >= 0.3 is 0 Å². The molecule has 126 valence electrons. The molecule has 0 aliphatic heterocycles. The molecule has 1 amide bonds. The van der Waals surface area contributed by atoms with Crippen LogP contribution < -0.4 is 5.32 Å². The van der Waals surface area contributed by atoms with Crippen LogP contribution >= 0.6 is 0 Å². The van der Waals surface area contributed by atoms with Gasteiger partial charge in [-0.25, -0.2) is 0 Å². The van der Waals surface area contributed by atoms with Crippen LogP contribution in [-0.2, 0) is 9.59 Å². The molecule has 4 heteroatoms. The standard InChI is InChI=1S/C12H23NO3.C5H12/c1-9(2)10(15)6-5-7-11(16)13-12(3,4)8-14;1-4-5(2)3/h9,14H,5-8H2,1-4H3,(H,13,16);5H,4H2,1-3H3. The lowest BCUT2D eigenvalue weighted by Gasteiger charge is -2.23. The van der Waals surface area contributed by atoms with Crippen molar-refractivity contribution in [3.8, 4) is 0 Å². The van der Waals surface area contributed by atoms with Gasteiger partial charge in [-0.15, -0.1) is 0 Å². The molecule has 0 spiro atoms. The van der Waals surface area contributed by atoms with E-state index in [-0.39, 0.29) is 24.2 Å². The van der Waals surface area contributed by atoms with Crippen LogP contribution in [0.3, 0.4) is 0 Å². The maximum atomic E-state index is 11.4. The van der Waals surface area contributed by atoms with Crippen LogP contribution in [0, 0.1) is 11.8 Å². The van der Waals surface area contributed by atoms with Crippen molar-refractivity contribution >= 4 is 11.7 Å². The number of aliphatic hydroxyl groups excluding tert-OH is 1. The summed E-state index contributed by atoms with van der Waals surface area (Å²) in [5, 5.41) is 11.7. The lowest BCUT2D eigenvalue weighted by Crippen LogP contribution is -2.46. The number of ketones is 1. The fourth-order valence-electron chi connectivity index (χ4n) is 1.19. The first-order valence-electron chi connectivity index (χ1n) is 8.00. The predicted octanol–water partition coefficient (Wildman–Crippen LogP) is 3.32. The third-order valence-corrected chi connectivity index (χ3v) is 3.16. The van der Waals surface area contributed by atoms with Gasteiger partial charge < -0.3 is 10.4 Å². The molecule has 0 aliphatic carbocycles. The maximum Gasteiger partial charge on any atom is 0.220 e. The number of amides is 1. The molecule has 0 saturated carbocycles. The van der Waals surface area contributed by atoms with Crippen LogP contribution in [-0.4, -0.2) is 28.9 Å². The quantitative estimate of drug-likeness (QED) is 0.722. The Kier molecular flexibility index (Phi) is 12.5. The van der Waals surface area contributed by atoms with Gasteiger partial charge in [-0.2, -0.15) is 0 Å². The fraction of sp³-hybridized carbons (Fsp3) is 0.882. The van der Waals surface area contributed by atoms with Crippen LogP contribution in [0.1, 0.15) is 74.1 Å². The van der Waals surface area contributed by atoms with E-state index in [1.165, 1.54) is 6.42 Å². The normalized spacial score (nSPS) is 11.1. The van der Waals surface area contributed by atoms with E-state index in [1.54, 1.807) is 13.8 Å². The van der Waals surface area contributed by atoms with E-state index in [0.717, 1.165) is 5.92 Å². The van der Waals surface area contributed by atoms with Crippen molar-refractivity contribution in [2.24, 2.45) is 11.8 Å². The van der Waals surface area contributed by atoms with Crippen molar-refractivity contribution in [1.82, 2.24) is 5.32 Å². The third-order valence-electron chi connectivity index (χ3n) is 3.16. The van der Waals surface area contributed by atoms with E-state index in [2.05, 4.69) is 26.1 Å². The Bertz CT molecular complexity index is 296. The highest BCUT2D eigenvalue weighted by atomic mass is 16.3. The number of hydrogen-bond donors (Lipinski definition) is 2. The summed E-state index contributed by atoms with van der Waals surface area (Å²) in [5.74, 6) is 0.997. The molecule has 0 rings (SSSR count). The molecule has 0 aliphatic rings. The van der Waals surface area contributed by atoms with Gasteiger partial charge in [0, 0.05) is 18.8 Å². The van der Waals surface area contributed by atoms with E-state index >= 15 is 0 Å². The summed E-state index contributed by atoms with van der Waals surface area (Å²) in [6.45, 7) is 13.8. The Morgan fingerprint density at radius 3 is 1.90 bits per heavy atom. The number of aliphatic hydroxyl groups is 1. The summed E-state index contributed by atoms with van der Waals surface area (Å²) >= 11 is 0. The van der Waals surface area contributed by atoms with E-state index in [4.69, 9.17) is 5.11 Å². The summed E-state index contributed by atoms with van der Waals surface area (Å²) in [6, 6.07) is 0. The third kappa shape index (κ3) is 15.3. The average molecular weight is 301 g/mol. The van der Waals surface area contributed by atoms with Crippen LogP contribution in [0.25, 0.3) is 0 Å². The minimum Gasteiger partial charge on any atom is -0.394 e. The number of rotatable bonds is 8. The van der Waals surface area contributed by atoms with Gasteiger partial charge in [0.05, 0.1) is 12.1 Å². The van der Waals surface area contributed by atoms with Crippen molar-refractivity contribution in [1.29, 1.82) is 0 Å². The molecular formula is C17H35NO3. The molecule has 0 radical (unpaired) electrons. The molecule has 21 heavy (non-hydrogen) atoms. The fourth-order valence-corrected chi connectivity index (χ4v) is 1.19. The predicted molar refractivity (Wildman–Crippen MR) is 88.1 cm³/mol. The van der Waals surface area contributed by atoms with Crippen molar-refractivity contribution < 1.29 is 14.7 Å². The number of nitrogens with one attached hydrogen (secondary N) is 1. The SMILES string of the molecule is CC(C)C(=O)CCCC(=O)NC(C)(C)CO.CCC(C)C. The highest BCUT2D eigenvalue weighted by Crippen LogP contribution is 2.06. The molecule has 0 aromatic carbocycles. The maximum absolute atomic E-state index is 11.4. The number of carbonyl (C=O) groups is 2. The molecule has 0 fully saturated rings. The van der Waals surface area contributed by atoms with E-state index < -0.39 is 5.54 Å². The molecule has 0 heterocycles. The summed E-state index contributed by atoms with van der Waals surface area (Å²) < 4.78 is 0. The smallest absolute Gasteiger partial charge is 0.220 e. The molecule has 2 N–H and O–H groups in total. The van der Waals surface area contributed by atoms with Gasteiger partial charge in [0.15, 0.2) is 0 Å². The van der Waals surface area contributed by atoms with Gasteiger partial charge in [-0.3, -0.25) is 9.59 Å². The number of carbonyl (C=O) groups excluding carboxylic acids is 2. The number of Topliss-reactive ketones (excluding diaryl/α,β-unsaturated/α-hetero) is 1. The van der Waals surface area contributed by atoms with Crippen LogP contribution in [0.4, 0.5) is 0 Å². The van der Waals surface area contributed by atoms with E-state index in [0.29, 0.717) is 19.3 Å². The molecule has 0 bridgehead atoms. The highest BCUT2D eigenvalue weighted by Gasteiger charge is 2.18. The summed E-state index contributed by atoms with van der Waals surface area (Å²) in [5.41, 5.74) is -0.584. The van der Waals surface area contributed by atoms with Gasteiger partial charge in [-0.05, 0) is 26.2 Å². The topological polar surface area (TPSA) is 66.4 Å². The van der Waals surface area contributed by atoms with Crippen LogP contribution in [0.2, 0.25) is 0 Å². The first-order chi connectivity index (χ1) is 9.55. The van der Waals surface area contributed by atoms with Gasteiger partial charge in [0.2, 0.25) is 5.91 Å². The Balaban J connectivity index is 0. The van der Waals surface area contributed by atoms with Crippen LogP contribution in [0.15, 0.2) is 0 Å². The zero-order chi connectivity index (χ0) is 17.1. The molecule has 0 unspecified atom stereocenters. The van der Waals surface area contributed by atoms with Gasteiger partial charge in [0.1, 0.15) is 5.78 Å². The van der Waals surface area contributed by atoms with E-state index in [1.807, 2.05) is 13.8 Å². The second kappa shape index (κ2) is 11.7. The second-order valence-electron chi connectivity index (χ2n) is 6.87. The molecular weight excluding hydrogens is 266 g/mol. The Hall–Kier alpha value is -0.900. The van der Waals surface area contributed by atoms with Crippen molar-refractivity contribution in [3.63, 3.8) is 0 Å². The number of hydrogen-bond acceptors (Lipinski definition) is 3. The molecule has 0 aromatic rings. The summed E-state index contributed by atoms with van der Waals surface area (Å²) in [6.07, 6.45) is 2.66. The summed E-state index contributed by atoms with van der Waals surface area (Å²) in [7, 11) is 0.